The molecule has 1 rings (SSSR count). The van der Waals surface area contributed by atoms with Crippen LogP contribution in [0.1, 0.15) is 5.69 Å². The SMILES string of the molecule is N#Cc1cnncn1. The van der Waals surface area contributed by atoms with E-state index < -0.39 is 0 Å². The van der Waals surface area contributed by atoms with Crippen molar-refractivity contribution in [2.45, 2.75) is 0 Å². The highest BCUT2D eigenvalue weighted by atomic mass is 15.1. The van der Waals surface area contributed by atoms with Gasteiger partial charge in [-0.05, 0) is 0 Å². The molecule has 0 amide bonds. The molecule has 8 heavy (non-hydrogen) atoms. The lowest BCUT2D eigenvalue weighted by atomic mass is 10.5. The first-order valence-electron chi connectivity index (χ1n) is 1.96. The fourth-order valence-corrected chi connectivity index (χ4v) is 0.297. The zero-order chi connectivity index (χ0) is 5.82. The van der Waals surface area contributed by atoms with Gasteiger partial charge in [-0.25, -0.2) is 4.98 Å². The van der Waals surface area contributed by atoms with Crippen molar-refractivity contribution >= 4 is 0 Å². The van der Waals surface area contributed by atoms with Crippen LogP contribution in [0.2, 0.25) is 0 Å². The molecule has 0 bridgehead atoms. The van der Waals surface area contributed by atoms with Crippen LogP contribution < -0.4 is 0 Å². The summed E-state index contributed by atoms with van der Waals surface area (Å²) in [5, 5.41) is 15.0. The van der Waals surface area contributed by atoms with Gasteiger partial charge in [0.15, 0.2) is 5.69 Å². The van der Waals surface area contributed by atoms with Crippen molar-refractivity contribution in [3.05, 3.63) is 18.2 Å². The van der Waals surface area contributed by atoms with Crippen LogP contribution in [-0.2, 0) is 0 Å². The zero-order valence-corrected chi connectivity index (χ0v) is 3.94. The number of aromatic nitrogens is 3. The van der Waals surface area contributed by atoms with E-state index >= 15 is 0 Å². The summed E-state index contributed by atoms with van der Waals surface area (Å²) >= 11 is 0. The van der Waals surface area contributed by atoms with E-state index in [1.54, 1.807) is 0 Å². The third kappa shape index (κ3) is 0.763. The molecule has 0 unspecified atom stereocenters. The molecule has 4 heteroatoms. The number of nitrogens with zero attached hydrogens (tertiary/aromatic N) is 4. The van der Waals surface area contributed by atoms with Crippen molar-refractivity contribution in [1.29, 1.82) is 5.26 Å². The molecule has 0 saturated heterocycles. The summed E-state index contributed by atoms with van der Waals surface area (Å²) in [5.74, 6) is 0. The second-order valence-electron chi connectivity index (χ2n) is 1.10. The van der Waals surface area contributed by atoms with Crippen molar-refractivity contribution in [2.75, 3.05) is 0 Å². The molecule has 0 atom stereocenters. The highest BCUT2D eigenvalue weighted by Crippen LogP contribution is 1.79. The Morgan fingerprint density at radius 2 is 2.38 bits per heavy atom. The van der Waals surface area contributed by atoms with E-state index in [0.29, 0.717) is 5.69 Å². The topological polar surface area (TPSA) is 62.5 Å². The molecular formula is C4H2N4. The van der Waals surface area contributed by atoms with Crippen LogP contribution in [-0.4, -0.2) is 15.2 Å². The summed E-state index contributed by atoms with van der Waals surface area (Å²) in [6.45, 7) is 0. The molecule has 0 aliphatic carbocycles. The van der Waals surface area contributed by atoms with Gasteiger partial charge < -0.3 is 0 Å². The Morgan fingerprint density at radius 3 is 2.75 bits per heavy atom. The van der Waals surface area contributed by atoms with Crippen LogP contribution in [0.25, 0.3) is 0 Å². The third-order valence-corrected chi connectivity index (χ3v) is 0.610. The number of rotatable bonds is 0. The minimum absolute atomic E-state index is 0.292. The van der Waals surface area contributed by atoms with Crippen LogP contribution in [0.15, 0.2) is 12.5 Å². The minimum Gasteiger partial charge on any atom is -0.222 e. The summed E-state index contributed by atoms with van der Waals surface area (Å²) in [6.07, 6.45) is 2.54. The van der Waals surface area contributed by atoms with Gasteiger partial charge in [0.05, 0.1) is 6.20 Å². The van der Waals surface area contributed by atoms with Crippen LogP contribution in [0.5, 0.6) is 0 Å². The number of hydrogen-bond donors (Lipinski definition) is 0. The fourth-order valence-electron chi connectivity index (χ4n) is 0.297. The van der Waals surface area contributed by atoms with Crippen LogP contribution in [0.4, 0.5) is 0 Å². The van der Waals surface area contributed by atoms with Gasteiger partial charge in [-0.3, -0.25) is 0 Å². The summed E-state index contributed by atoms with van der Waals surface area (Å²) < 4.78 is 0. The quantitative estimate of drug-likeness (QED) is 0.457. The van der Waals surface area contributed by atoms with Crippen molar-refractivity contribution < 1.29 is 0 Å². The van der Waals surface area contributed by atoms with E-state index in [1.807, 2.05) is 6.07 Å². The maximum absolute atomic E-state index is 8.16. The molecule has 1 aromatic rings. The van der Waals surface area contributed by atoms with Gasteiger partial charge >= 0.3 is 0 Å². The Labute approximate surface area is 45.8 Å². The van der Waals surface area contributed by atoms with E-state index in [4.69, 9.17) is 5.26 Å². The van der Waals surface area contributed by atoms with Gasteiger partial charge in [0, 0.05) is 0 Å². The molecule has 38 valence electrons. The lowest BCUT2D eigenvalue weighted by molar-refractivity contribution is 0.956. The van der Waals surface area contributed by atoms with Crippen LogP contribution >= 0.6 is 0 Å². The first-order chi connectivity index (χ1) is 3.93. The summed E-state index contributed by atoms with van der Waals surface area (Å²) in [5.41, 5.74) is 0.292. The lowest BCUT2D eigenvalue weighted by Gasteiger charge is -1.77. The first kappa shape index (κ1) is 4.65. The van der Waals surface area contributed by atoms with Crippen LogP contribution in [0, 0.1) is 11.3 Å². The molecule has 0 aliphatic rings. The average Bonchev–Trinajstić information content (AvgIpc) is 1.90. The molecule has 1 heterocycles. The summed E-state index contributed by atoms with van der Waals surface area (Å²) in [7, 11) is 0. The van der Waals surface area contributed by atoms with Crippen molar-refractivity contribution in [2.24, 2.45) is 0 Å². The van der Waals surface area contributed by atoms with Gasteiger partial charge in [-0.1, -0.05) is 0 Å². The second-order valence-corrected chi connectivity index (χ2v) is 1.10. The number of nitriles is 1. The van der Waals surface area contributed by atoms with E-state index in [-0.39, 0.29) is 0 Å². The van der Waals surface area contributed by atoms with Gasteiger partial charge in [0.2, 0.25) is 0 Å². The Bertz CT molecular complexity index is 199. The molecule has 0 saturated carbocycles. The van der Waals surface area contributed by atoms with Crippen molar-refractivity contribution in [1.82, 2.24) is 15.2 Å². The highest BCUT2D eigenvalue weighted by molar-refractivity contribution is 5.12. The minimum atomic E-state index is 0.292. The molecule has 0 N–H and O–H groups in total. The maximum Gasteiger partial charge on any atom is 0.162 e. The third-order valence-electron chi connectivity index (χ3n) is 0.610. The molecule has 0 spiro atoms. The Hall–Kier alpha value is -1.50. The largest absolute Gasteiger partial charge is 0.222 e. The lowest BCUT2D eigenvalue weighted by Crippen LogP contribution is -1.84. The smallest absolute Gasteiger partial charge is 0.162 e. The average molecular weight is 106 g/mol. The molecule has 0 aromatic carbocycles. The Kier molecular flexibility index (Phi) is 1.15. The predicted octanol–water partition coefficient (Wildman–Crippen LogP) is -0.257. The number of hydrogen-bond acceptors (Lipinski definition) is 4. The van der Waals surface area contributed by atoms with Gasteiger partial charge in [-0.2, -0.15) is 10.4 Å². The second kappa shape index (κ2) is 1.98. The fraction of sp³-hybridized carbons (Fsp3) is 0. The monoisotopic (exact) mass is 106 g/mol. The molecule has 0 fully saturated rings. The first-order valence-corrected chi connectivity index (χ1v) is 1.96. The standard InChI is InChI=1S/C4H2N4/c5-1-4-2-7-8-3-6-4/h2-3H. The Balaban J connectivity index is 3.05. The molecular weight excluding hydrogens is 104 g/mol. The molecule has 0 radical (unpaired) electrons. The van der Waals surface area contributed by atoms with E-state index in [2.05, 4.69) is 15.2 Å². The van der Waals surface area contributed by atoms with Gasteiger partial charge in [0.1, 0.15) is 12.4 Å². The van der Waals surface area contributed by atoms with Crippen molar-refractivity contribution in [3.63, 3.8) is 0 Å². The van der Waals surface area contributed by atoms with Crippen LogP contribution in [0.3, 0.4) is 0 Å². The van der Waals surface area contributed by atoms with E-state index in [9.17, 15) is 0 Å². The van der Waals surface area contributed by atoms with E-state index in [0.717, 1.165) is 0 Å². The Morgan fingerprint density at radius 1 is 1.50 bits per heavy atom. The normalized spacial score (nSPS) is 7.88. The molecule has 0 aliphatic heterocycles. The maximum atomic E-state index is 8.16. The van der Waals surface area contributed by atoms with Crippen molar-refractivity contribution in [3.8, 4) is 6.07 Å². The summed E-state index contributed by atoms with van der Waals surface area (Å²) in [6, 6.07) is 1.81. The summed E-state index contributed by atoms with van der Waals surface area (Å²) in [4.78, 5) is 3.56. The van der Waals surface area contributed by atoms with Gasteiger partial charge in [0.25, 0.3) is 0 Å². The predicted molar refractivity (Wildman–Crippen MR) is 24.5 cm³/mol. The molecule has 1 aromatic heterocycles. The van der Waals surface area contributed by atoms with Gasteiger partial charge in [-0.15, -0.1) is 5.10 Å². The van der Waals surface area contributed by atoms with E-state index in [1.165, 1.54) is 12.5 Å². The molecule has 4 nitrogen and oxygen atoms in total. The zero-order valence-electron chi connectivity index (χ0n) is 3.94. The highest BCUT2D eigenvalue weighted by Gasteiger charge is 1.83.